The van der Waals surface area contributed by atoms with E-state index in [9.17, 15) is 4.79 Å². The van der Waals surface area contributed by atoms with Crippen molar-refractivity contribution in [2.24, 2.45) is 0 Å². The molecule has 21 heavy (non-hydrogen) atoms. The third-order valence-electron chi connectivity index (χ3n) is 4.35. The van der Waals surface area contributed by atoms with Gasteiger partial charge in [-0.15, -0.1) is 0 Å². The van der Waals surface area contributed by atoms with E-state index in [1.807, 2.05) is 12.1 Å². The van der Waals surface area contributed by atoms with Crippen LogP contribution in [-0.2, 0) is 0 Å². The van der Waals surface area contributed by atoms with Crippen molar-refractivity contribution in [1.29, 1.82) is 0 Å². The number of nitrogens with zero attached hydrogens (tertiary/aromatic N) is 1. The van der Waals surface area contributed by atoms with Crippen molar-refractivity contribution in [3.8, 4) is 0 Å². The predicted octanol–water partition coefficient (Wildman–Crippen LogP) is 5.33. The number of carbonyl (C=O) groups is 1. The Balaban J connectivity index is 1.92. The highest BCUT2D eigenvalue weighted by atomic mass is 79.9. The van der Waals surface area contributed by atoms with Gasteiger partial charge in [-0.2, -0.15) is 0 Å². The molecule has 1 saturated carbocycles. The zero-order chi connectivity index (χ0) is 15.2. The Hall–Kier alpha value is -0.380. The molecule has 2 rings (SSSR count). The highest BCUT2D eigenvalue weighted by Gasteiger charge is 2.21. The summed E-state index contributed by atoms with van der Waals surface area (Å²) in [5, 5.41) is 0.537. The maximum atomic E-state index is 12.4. The maximum Gasteiger partial charge on any atom is 0.165 e. The molecule has 1 aliphatic carbocycles. The second kappa shape index (κ2) is 8.30. The molecule has 1 fully saturated rings. The van der Waals surface area contributed by atoms with Crippen LogP contribution in [0.15, 0.2) is 22.7 Å². The lowest BCUT2D eigenvalue weighted by molar-refractivity contribution is 0.0939. The number of Topliss-reactive ketones (excluding diaryl/α,β-unsaturated/α-hetero) is 1. The molecule has 0 saturated heterocycles. The van der Waals surface area contributed by atoms with Gasteiger partial charge in [0.2, 0.25) is 0 Å². The average molecular weight is 373 g/mol. The van der Waals surface area contributed by atoms with Crippen LogP contribution in [0.25, 0.3) is 0 Å². The highest BCUT2D eigenvalue weighted by Crippen LogP contribution is 2.24. The SMILES string of the molecule is CCN(CCC(=O)c1ccc(Br)cc1Cl)C1CCCCC1. The van der Waals surface area contributed by atoms with Crippen LogP contribution in [0.4, 0.5) is 0 Å². The Morgan fingerprint density at radius 1 is 1.33 bits per heavy atom. The van der Waals surface area contributed by atoms with Crippen LogP contribution in [0, 0.1) is 0 Å². The van der Waals surface area contributed by atoms with Crippen molar-refractivity contribution >= 4 is 33.3 Å². The fraction of sp³-hybridized carbons (Fsp3) is 0.588. The number of rotatable bonds is 6. The Morgan fingerprint density at radius 2 is 2.05 bits per heavy atom. The van der Waals surface area contributed by atoms with Gasteiger partial charge in [0.15, 0.2) is 5.78 Å². The normalized spacial score (nSPS) is 16.4. The standard InChI is InChI=1S/C17H23BrClNO/c1-2-20(14-6-4-3-5-7-14)11-10-17(21)15-9-8-13(18)12-16(15)19/h8-9,12,14H,2-7,10-11H2,1H3. The second-order valence-electron chi connectivity index (χ2n) is 5.72. The van der Waals surface area contributed by atoms with Crippen molar-refractivity contribution in [2.75, 3.05) is 13.1 Å². The van der Waals surface area contributed by atoms with Crippen molar-refractivity contribution in [1.82, 2.24) is 4.90 Å². The molecule has 0 N–H and O–H groups in total. The van der Waals surface area contributed by atoms with Gasteiger partial charge in [-0.25, -0.2) is 0 Å². The Labute approximate surface area is 141 Å². The first-order valence-electron chi connectivity index (χ1n) is 7.84. The van der Waals surface area contributed by atoms with Gasteiger partial charge in [0.1, 0.15) is 0 Å². The molecule has 1 aromatic carbocycles. The minimum Gasteiger partial charge on any atom is -0.300 e. The monoisotopic (exact) mass is 371 g/mol. The van der Waals surface area contributed by atoms with Crippen LogP contribution in [0.2, 0.25) is 5.02 Å². The summed E-state index contributed by atoms with van der Waals surface area (Å²) in [5.41, 5.74) is 0.638. The van der Waals surface area contributed by atoms with E-state index in [2.05, 4.69) is 27.8 Å². The molecule has 0 unspecified atom stereocenters. The number of halogens is 2. The van der Waals surface area contributed by atoms with Gasteiger partial charge in [0, 0.05) is 29.0 Å². The summed E-state index contributed by atoms with van der Waals surface area (Å²) in [4.78, 5) is 14.8. The Kier molecular flexibility index (Phi) is 6.72. The number of benzene rings is 1. The molecular formula is C17H23BrClNO. The zero-order valence-corrected chi connectivity index (χ0v) is 14.9. The van der Waals surface area contributed by atoms with E-state index in [4.69, 9.17) is 11.6 Å². The molecule has 0 atom stereocenters. The van der Waals surface area contributed by atoms with E-state index in [1.54, 1.807) is 6.07 Å². The van der Waals surface area contributed by atoms with Crippen LogP contribution < -0.4 is 0 Å². The van der Waals surface area contributed by atoms with Gasteiger partial charge >= 0.3 is 0 Å². The van der Waals surface area contributed by atoms with Crippen LogP contribution >= 0.6 is 27.5 Å². The third-order valence-corrected chi connectivity index (χ3v) is 5.16. The van der Waals surface area contributed by atoms with Gasteiger partial charge in [-0.1, -0.05) is 53.7 Å². The summed E-state index contributed by atoms with van der Waals surface area (Å²) in [5.74, 6) is 0.141. The second-order valence-corrected chi connectivity index (χ2v) is 7.04. The molecular weight excluding hydrogens is 350 g/mol. The van der Waals surface area contributed by atoms with E-state index in [0.717, 1.165) is 17.6 Å². The van der Waals surface area contributed by atoms with Crippen LogP contribution in [0.3, 0.4) is 0 Å². The van der Waals surface area contributed by atoms with Gasteiger partial charge < -0.3 is 4.90 Å². The molecule has 0 radical (unpaired) electrons. The first-order valence-corrected chi connectivity index (χ1v) is 9.01. The largest absolute Gasteiger partial charge is 0.300 e. The van der Waals surface area contributed by atoms with E-state index >= 15 is 0 Å². The summed E-state index contributed by atoms with van der Waals surface area (Å²) < 4.78 is 0.904. The summed E-state index contributed by atoms with van der Waals surface area (Å²) in [6.07, 6.45) is 7.12. The van der Waals surface area contributed by atoms with E-state index in [0.29, 0.717) is 23.0 Å². The van der Waals surface area contributed by atoms with Crippen LogP contribution in [-0.4, -0.2) is 29.8 Å². The molecule has 2 nitrogen and oxygen atoms in total. The minimum absolute atomic E-state index is 0.141. The number of carbonyl (C=O) groups excluding carboxylic acids is 1. The summed E-state index contributed by atoms with van der Waals surface area (Å²) in [6, 6.07) is 6.13. The van der Waals surface area contributed by atoms with Crippen LogP contribution in [0.1, 0.15) is 55.8 Å². The van der Waals surface area contributed by atoms with Crippen molar-refractivity contribution in [3.05, 3.63) is 33.3 Å². The molecule has 1 aliphatic rings. The quantitative estimate of drug-likeness (QED) is 0.629. The molecule has 0 aliphatic heterocycles. The molecule has 0 spiro atoms. The molecule has 4 heteroatoms. The average Bonchev–Trinajstić information content (AvgIpc) is 2.48. The van der Waals surface area contributed by atoms with Gasteiger partial charge in [0.05, 0.1) is 5.02 Å². The summed E-state index contributed by atoms with van der Waals surface area (Å²) in [6.45, 7) is 4.05. The molecule has 1 aromatic rings. The fourth-order valence-corrected chi connectivity index (χ4v) is 3.92. The zero-order valence-electron chi connectivity index (χ0n) is 12.6. The Bertz CT molecular complexity index is 486. The first kappa shape index (κ1) is 17.0. The van der Waals surface area contributed by atoms with Crippen molar-refractivity contribution < 1.29 is 4.79 Å². The van der Waals surface area contributed by atoms with Crippen molar-refractivity contribution in [3.63, 3.8) is 0 Å². The van der Waals surface area contributed by atoms with E-state index < -0.39 is 0 Å². The number of hydrogen-bond acceptors (Lipinski definition) is 2. The maximum absolute atomic E-state index is 12.4. The van der Waals surface area contributed by atoms with E-state index in [-0.39, 0.29) is 5.78 Å². The highest BCUT2D eigenvalue weighted by molar-refractivity contribution is 9.10. The smallest absolute Gasteiger partial charge is 0.165 e. The lowest BCUT2D eigenvalue weighted by Crippen LogP contribution is -2.38. The first-order chi connectivity index (χ1) is 10.1. The minimum atomic E-state index is 0.141. The van der Waals surface area contributed by atoms with Crippen molar-refractivity contribution in [2.45, 2.75) is 51.5 Å². The molecule has 0 amide bonds. The third kappa shape index (κ3) is 4.80. The number of hydrogen-bond donors (Lipinski definition) is 0. The topological polar surface area (TPSA) is 20.3 Å². The fourth-order valence-electron chi connectivity index (χ4n) is 3.14. The van der Waals surface area contributed by atoms with E-state index in [1.165, 1.54) is 32.1 Å². The molecule has 116 valence electrons. The lowest BCUT2D eigenvalue weighted by atomic mass is 9.94. The van der Waals surface area contributed by atoms with Gasteiger partial charge in [-0.05, 0) is 37.6 Å². The van der Waals surface area contributed by atoms with Crippen LogP contribution in [0.5, 0.6) is 0 Å². The Morgan fingerprint density at radius 3 is 2.67 bits per heavy atom. The summed E-state index contributed by atoms with van der Waals surface area (Å²) >= 11 is 9.52. The lowest BCUT2D eigenvalue weighted by Gasteiger charge is -2.33. The molecule has 0 heterocycles. The summed E-state index contributed by atoms with van der Waals surface area (Å²) in [7, 11) is 0. The predicted molar refractivity (Wildman–Crippen MR) is 92.2 cm³/mol. The van der Waals surface area contributed by atoms with Gasteiger partial charge in [0.25, 0.3) is 0 Å². The van der Waals surface area contributed by atoms with Gasteiger partial charge in [-0.3, -0.25) is 4.79 Å². The number of ketones is 1. The molecule has 0 aromatic heterocycles. The molecule has 0 bridgehead atoms.